The molecule has 0 saturated heterocycles. The van der Waals surface area contributed by atoms with Crippen molar-refractivity contribution in [1.29, 1.82) is 5.26 Å². The summed E-state index contributed by atoms with van der Waals surface area (Å²) < 4.78 is 12.7. The van der Waals surface area contributed by atoms with Gasteiger partial charge in [-0.3, -0.25) is 0 Å². The second-order valence-corrected chi connectivity index (χ2v) is 5.38. The van der Waals surface area contributed by atoms with E-state index >= 15 is 0 Å². The molecule has 1 aliphatic carbocycles. The Morgan fingerprint density at radius 2 is 1.88 bits per heavy atom. The van der Waals surface area contributed by atoms with Crippen LogP contribution in [0.4, 0.5) is 4.39 Å². The van der Waals surface area contributed by atoms with E-state index in [1.807, 2.05) is 0 Å². The van der Waals surface area contributed by atoms with Gasteiger partial charge in [0.25, 0.3) is 0 Å². The van der Waals surface area contributed by atoms with Gasteiger partial charge in [-0.25, -0.2) is 4.39 Å². The first-order chi connectivity index (χ1) is 7.79. The molecule has 3 heteroatoms. The van der Waals surface area contributed by atoms with Gasteiger partial charge in [0, 0.05) is 4.90 Å². The Morgan fingerprint density at radius 1 is 1.25 bits per heavy atom. The van der Waals surface area contributed by atoms with Gasteiger partial charge in [-0.15, -0.1) is 11.8 Å². The summed E-state index contributed by atoms with van der Waals surface area (Å²) in [5, 5.41) is 9.18. The third-order valence-electron chi connectivity index (χ3n) is 3.03. The van der Waals surface area contributed by atoms with Gasteiger partial charge in [0.1, 0.15) is 5.82 Å². The van der Waals surface area contributed by atoms with Crippen molar-refractivity contribution in [2.45, 2.75) is 35.8 Å². The van der Waals surface area contributed by atoms with Crippen LogP contribution in [0.15, 0.2) is 29.2 Å². The number of rotatable bonds is 3. The van der Waals surface area contributed by atoms with Crippen LogP contribution in [0.3, 0.4) is 0 Å². The molecular formula is C13H14FNS. The van der Waals surface area contributed by atoms with E-state index in [1.165, 1.54) is 25.0 Å². The fourth-order valence-corrected chi connectivity index (χ4v) is 3.25. The van der Waals surface area contributed by atoms with E-state index in [0.717, 1.165) is 17.7 Å². The topological polar surface area (TPSA) is 23.8 Å². The molecule has 0 spiro atoms. The zero-order valence-corrected chi connectivity index (χ0v) is 9.84. The molecule has 0 aliphatic heterocycles. The van der Waals surface area contributed by atoms with Crippen LogP contribution in [0.1, 0.15) is 25.7 Å². The van der Waals surface area contributed by atoms with Crippen molar-refractivity contribution in [3.63, 3.8) is 0 Å². The number of nitrogens with zero attached hydrogens (tertiary/aromatic N) is 1. The number of nitriles is 1. The standard InChI is InChI=1S/C13H14FNS/c14-11-5-7-12(8-6-11)16-13(9-15)10-3-1-2-4-10/h5-8,10,13H,1-4H2. The van der Waals surface area contributed by atoms with E-state index in [1.54, 1.807) is 23.9 Å². The van der Waals surface area contributed by atoms with Crippen LogP contribution < -0.4 is 0 Å². The van der Waals surface area contributed by atoms with Gasteiger partial charge < -0.3 is 0 Å². The lowest BCUT2D eigenvalue weighted by atomic mass is 10.1. The molecule has 0 bridgehead atoms. The van der Waals surface area contributed by atoms with E-state index in [4.69, 9.17) is 5.26 Å². The summed E-state index contributed by atoms with van der Waals surface area (Å²) in [7, 11) is 0. The first-order valence-corrected chi connectivity index (χ1v) is 6.49. The molecule has 0 heterocycles. The minimum absolute atomic E-state index is 0.0213. The maximum atomic E-state index is 12.7. The highest BCUT2D eigenvalue weighted by atomic mass is 32.2. The number of hydrogen-bond donors (Lipinski definition) is 0. The molecule has 1 fully saturated rings. The molecule has 1 nitrogen and oxygen atoms in total. The summed E-state index contributed by atoms with van der Waals surface area (Å²) in [6.07, 6.45) is 4.80. The zero-order valence-electron chi connectivity index (χ0n) is 9.03. The lowest BCUT2D eigenvalue weighted by molar-refractivity contribution is 0.575. The molecule has 1 unspecified atom stereocenters. The third-order valence-corrected chi connectivity index (χ3v) is 4.32. The lowest BCUT2D eigenvalue weighted by Gasteiger charge is -2.15. The molecule has 1 aromatic carbocycles. The van der Waals surface area contributed by atoms with Crippen molar-refractivity contribution >= 4 is 11.8 Å². The maximum Gasteiger partial charge on any atom is 0.123 e. The molecule has 2 rings (SSSR count). The van der Waals surface area contributed by atoms with Gasteiger partial charge in [0.15, 0.2) is 0 Å². The molecule has 1 aliphatic rings. The van der Waals surface area contributed by atoms with Gasteiger partial charge >= 0.3 is 0 Å². The minimum atomic E-state index is -0.223. The largest absolute Gasteiger partial charge is 0.207 e. The monoisotopic (exact) mass is 235 g/mol. The third kappa shape index (κ3) is 2.76. The molecule has 84 valence electrons. The number of hydrogen-bond acceptors (Lipinski definition) is 2. The molecule has 1 saturated carbocycles. The second-order valence-electron chi connectivity index (χ2n) is 4.17. The molecule has 0 N–H and O–H groups in total. The zero-order chi connectivity index (χ0) is 11.4. The number of halogens is 1. The summed E-state index contributed by atoms with van der Waals surface area (Å²) >= 11 is 1.57. The van der Waals surface area contributed by atoms with Gasteiger partial charge in [-0.05, 0) is 43.0 Å². The number of benzene rings is 1. The predicted octanol–water partition coefficient (Wildman–Crippen LogP) is 4.00. The van der Waals surface area contributed by atoms with E-state index in [9.17, 15) is 4.39 Å². The van der Waals surface area contributed by atoms with Gasteiger partial charge in [0.05, 0.1) is 11.3 Å². The Morgan fingerprint density at radius 3 is 2.44 bits per heavy atom. The predicted molar refractivity (Wildman–Crippen MR) is 63.6 cm³/mol. The SMILES string of the molecule is N#CC(Sc1ccc(F)cc1)C1CCCC1. The highest BCUT2D eigenvalue weighted by molar-refractivity contribution is 8.00. The Kier molecular flexibility index (Phi) is 3.84. The van der Waals surface area contributed by atoms with Crippen LogP contribution in [0.5, 0.6) is 0 Å². The van der Waals surface area contributed by atoms with Crippen LogP contribution in [0, 0.1) is 23.1 Å². The van der Waals surface area contributed by atoms with Crippen molar-refractivity contribution in [3.05, 3.63) is 30.1 Å². The van der Waals surface area contributed by atoms with Gasteiger partial charge in [-0.1, -0.05) is 12.8 Å². The van der Waals surface area contributed by atoms with E-state index in [0.29, 0.717) is 5.92 Å². The molecule has 16 heavy (non-hydrogen) atoms. The molecular weight excluding hydrogens is 221 g/mol. The molecule has 0 radical (unpaired) electrons. The fraction of sp³-hybridized carbons (Fsp3) is 0.462. The average Bonchev–Trinajstić information content (AvgIpc) is 2.82. The summed E-state index contributed by atoms with van der Waals surface area (Å²) in [6, 6.07) is 8.77. The van der Waals surface area contributed by atoms with Crippen molar-refractivity contribution < 1.29 is 4.39 Å². The van der Waals surface area contributed by atoms with Crippen LogP contribution in [-0.4, -0.2) is 5.25 Å². The lowest BCUT2D eigenvalue weighted by Crippen LogP contribution is -2.11. The molecule has 0 aromatic heterocycles. The van der Waals surface area contributed by atoms with Crippen molar-refractivity contribution in [2.75, 3.05) is 0 Å². The first-order valence-electron chi connectivity index (χ1n) is 5.61. The average molecular weight is 235 g/mol. The highest BCUT2D eigenvalue weighted by Gasteiger charge is 2.25. The van der Waals surface area contributed by atoms with E-state index in [2.05, 4.69) is 6.07 Å². The smallest absolute Gasteiger partial charge is 0.123 e. The number of thioether (sulfide) groups is 1. The molecule has 0 amide bonds. The Bertz CT molecular complexity index is 376. The van der Waals surface area contributed by atoms with Crippen molar-refractivity contribution in [3.8, 4) is 6.07 Å². The van der Waals surface area contributed by atoms with Crippen molar-refractivity contribution in [1.82, 2.24) is 0 Å². The van der Waals surface area contributed by atoms with Gasteiger partial charge in [0.2, 0.25) is 0 Å². The molecule has 1 atom stereocenters. The van der Waals surface area contributed by atoms with Crippen LogP contribution in [-0.2, 0) is 0 Å². The second kappa shape index (κ2) is 5.36. The Labute approximate surface area is 99.7 Å². The summed E-state index contributed by atoms with van der Waals surface area (Å²) in [5.41, 5.74) is 0. The highest BCUT2D eigenvalue weighted by Crippen LogP contribution is 2.36. The quantitative estimate of drug-likeness (QED) is 0.739. The van der Waals surface area contributed by atoms with Crippen molar-refractivity contribution in [2.24, 2.45) is 5.92 Å². The normalized spacial score (nSPS) is 18.2. The summed E-state index contributed by atoms with van der Waals surface area (Å²) in [5.74, 6) is 0.291. The fourth-order valence-electron chi connectivity index (χ4n) is 2.15. The van der Waals surface area contributed by atoms with Crippen LogP contribution in [0.25, 0.3) is 0 Å². The minimum Gasteiger partial charge on any atom is -0.207 e. The summed E-state index contributed by atoms with van der Waals surface area (Å²) in [6.45, 7) is 0. The van der Waals surface area contributed by atoms with E-state index in [-0.39, 0.29) is 11.1 Å². The van der Waals surface area contributed by atoms with Crippen LogP contribution >= 0.6 is 11.8 Å². The van der Waals surface area contributed by atoms with E-state index < -0.39 is 0 Å². The Hall–Kier alpha value is -1.01. The summed E-state index contributed by atoms with van der Waals surface area (Å²) in [4.78, 5) is 0.986. The molecule has 1 aromatic rings. The first kappa shape index (κ1) is 11.5. The van der Waals surface area contributed by atoms with Crippen LogP contribution in [0.2, 0.25) is 0 Å². The Balaban J connectivity index is 2.01. The van der Waals surface area contributed by atoms with Gasteiger partial charge in [-0.2, -0.15) is 5.26 Å². The maximum absolute atomic E-state index is 12.7.